The highest BCUT2D eigenvalue weighted by atomic mass is 19.1. The number of rotatable bonds is 4. The molecule has 0 saturated carbocycles. The second-order valence-corrected chi connectivity index (χ2v) is 6.08. The van der Waals surface area contributed by atoms with Crippen molar-refractivity contribution < 1.29 is 9.13 Å². The number of ether oxygens (including phenoxy) is 1. The molecule has 2 heterocycles. The molecule has 2 aliphatic heterocycles. The van der Waals surface area contributed by atoms with E-state index in [9.17, 15) is 4.39 Å². The minimum absolute atomic E-state index is 0.162. The average molecular weight is 292 g/mol. The Hall–Kier alpha value is -1.13. The van der Waals surface area contributed by atoms with Crippen LogP contribution >= 0.6 is 0 Å². The van der Waals surface area contributed by atoms with Crippen LogP contribution in [0.25, 0.3) is 0 Å². The monoisotopic (exact) mass is 292 g/mol. The lowest BCUT2D eigenvalue weighted by Gasteiger charge is -2.37. The van der Waals surface area contributed by atoms with Crippen molar-refractivity contribution in [2.45, 2.75) is 31.8 Å². The highest BCUT2D eigenvalue weighted by Crippen LogP contribution is 2.19. The molecule has 1 atom stereocenters. The number of hydrogen-bond donors (Lipinski definition) is 0. The molecule has 4 heteroatoms. The standard InChI is InChI=1S/C17H25FN2O/c18-15-4-6-16(7-5-15)20-12-10-19(11-13-20)9-8-17-3-1-2-14-21-17/h4-7,17H,1-3,8-14H2/t17-/m0/s1. The lowest BCUT2D eigenvalue weighted by atomic mass is 10.1. The number of piperazine rings is 1. The van der Waals surface area contributed by atoms with E-state index in [4.69, 9.17) is 4.74 Å². The summed E-state index contributed by atoms with van der Waals surface area (Å²) < 4.78 is 18.8. The molecular formula is C17H25FN2O. The molecule has 0 amide bonds. The highest BCUT2D eigenvalue weighted by molar-refractivity contribution is 5.46. The Morgan fingerprint density at radius 3 is 2.48 bits per heavy atom. The number of anilines is 1. The van der Waals surface area contributed by atoms with E-state index in [-0.39, 0.29) is 5.82 Å². The van der Waals surface area contributed by atoms with Crippen molar-refractivity contribution in [3.05, 3.63) is 30.1 Å². The van der Waals surface area contributed by atoms with Crippen LogP contribution in [0.15, 0.2) is 24.3 Å². The van der Waals surface area contributed by atoms with E-state index in [0.717, 1.165) is 51.4 Å². The van der Waals surface area contributed by atoms with E-state index in [1.54, 1.807) is 12.1 Å². The number of halogens is 1. The lowest BCUT2D eigenvalue weighted by Crippen LogP contribution is -2.47. The fraction of sp³-hybridized carbons (Fsp3) is 0.647. The van der Waals surface area contributed by atoms with Gasteiger partial charge in [-0.3, -0.25) is 4.90 Å². The van der Waals surface area contributed by atoms with Gasteiger partial charge < -0.3 is 9.64 Å². The maximum absolute atomic E-state index is 13.0. The molecule has 0 spiro atoms. The van der Waals surface area contributed by atoms with Crippen molar-refractivity contribution in [2.75, 3.05) is 44.2 Å². The molecule has 21 heavy (non-hydrogen) atoms. The minimum Gasteiger partial charge on any atom is -0.378 e. The van der Waals surface area contributed by atoms with Crippen molar-refractivity contribution in [3.8, 4) is 0 Å². The van der Waals surface area contributed by atoms with Crippen LogP contribution in [-0.2, 0) is 4.74 Å². The third-order valence-corrected chi connectivity index (χ3v) is 4.61. The van der Waals surface area contributed by atoms with Crippen molar-refractivity contribution in [3.63, 3.8) is 0 Å². The van der Waals surface area contributed by atoms with Crippen molar-refractivity contribution >= 4 is 5.69 Å². The van der Waals surface area contributed by atoms with Crippen LogP contribution in [0.4, 0.5) is 10.1 Å². The van der Waals surface area contributed by atoms with Crippen LogP contribution in [0.5, 0.6) is 0 Å². The zero-order valence-electron chi connectivity index (χ0n) is 12.6. The third-order valence-electron chi connectivity index (χ3n) is 4.61. The molecule has 0 radical (unpaired) electrons. The van der Waals surface area contributed by atoms with Crippen LogP contribution in [0.1, 0.15) is 25.7 Å². The van der Waals surface area contributed by atoms with Gasteiger partial charge in [0.1, 0.15) is 5.82 Å². The van der Waals surface area contributed by atoms with Gasteiger partial charge in [-0.15, -0.1) is 0 Å². The second kappa shape index (κ2) is 7.23. The lowest BCUT2D eigenvalue weighted by molar-refractivity contribution is 0.00526. The van der Waals surface area contributed by atoms with Gasteiger partial charge in [0, 0.05) is 45.0 Å². The van der Waals surface area contributed by atoms with Crippen LogP contribution in [0, 0.1) is 5.82 Å². The Morgan fingerprint density at radius 2 is 1.81 bits per heavy atom. The molecule has 1 aromatic rings. The highest BCUT2D eigenvalue weighted by Gasteiger charge is 2.19. The fourth-order valence-electron chi connectivity index (χ4n) is 3.24. The SMILES string of the molecule is Fc1ccc(N2CCN(CC[C@@H]3CCCCO3)CC2)cc1. The summed E-state index contributed by atoms with van der Waals surface area (Å²) >= 11 is 0. The molecule has 0 N–H and O–H groups in total. The number of benzene rings is 1. The van der Waals surface area contributed by atoms with Gasteiger partial charge in [0.2, 0.25) is 0 Å². The molecule has 2 saturated heterocycles. The second-order valence-electron chi connectivity index (χ2n) is 6.08. The minimum atomic E-state index is -0.162. The summed E-state index contributed by atoms with van der Waals surface area (Å²) in [5.74, 6) is -0.162. The van der Waals surface area contributed by atoms with Gasteiger partial charge in [-0.05, 0) is 49.9 Å². The third kappa shape index (κ3) is 4.17. The first-order valence-electron chi connectivity index (χ1n) is 8.16. The summed E-state index contributed by atoms with van der Waals surface area (Å²) in [4.78, 5) is 4.87. The van der Waals surface area contributed by atoms with Crippen LogP contribution in [0.3, 0.4) is 0 Å². The maximum atomic E-state index is 13.0. The Bertz CT molecular complexity index is 423. The first-order chi connectivity index (χ1) is 10.3. The van der Waals surface area contributed by atoms with E-state index in [1.807, 2.05) is 12.1 Å². The molecule has 0 bridgehead atoms. The summed E-state index contributed by atoms with van der Waals surface area (Å²) in [5.41, 5.74) is 1.13. The number of hydrogen-bond acceptors (Lipinski definition) is 3. The normalized spacial score (nSPS) is 24.2. The predicted molar refractivity (Wildman–Crippen MR) is 83.3 cm³/mol. The van der Waals surface area contributed by atoms with E-state index < -0.39 is 0 Å². The molecule has 0 aliphatic carbocycles. The number of nitrogens with zero attached hydrogens (tertiary/aromatic N) is 2. The first-order valence-corrected chi connectivity index (χ1v) is 8.16. The summed E-state index contributed by atoms with van der Waals surface area (Å²) in [7, 11) is 0. The molecule has 0 unspecified atom stereocenters. The summed E-state index contributed by atoms with van der Waals surface area (Å²) in [6.07, 6.45) is 5.43. The van der Waals surface area contributed by atoms with Gasteiger partial charge >= 0.3 is 0 Å². The molecule has 1 aromatic carbocycles. The molecule has 116 valence electrons. The first kappa shape index (κ1) is 14.8. The maximum Gasteiger partial charge on any atom is 0.123 e. The van der Waals surface area contributed by atoms with E-state index in [1.165, 1.54) is 19.3 Å². The predicted octanol–water partition coefficient (Wildman–Crippen LogP) is 2.91. The van der Waals surface area contributed by atoms with Gasteiger partial charge in [0.15, 0.2) is 0 Å². The summed E-state index contributed by atoms with van der Waals surface area (Å²) in [5, 5.41) is 0. The van der Waals surface area contributed by atoms with Crippen LogP contribution in [-0.4, -0.2) is 50.3 Å². The zero-order valence-corrected chi connectivity index (χ0v) is 12.6. The molecule has 2 aliphatic rings. The van der Waals surface area contributed by atoms with Crippen molar-refractivity contribution in [1.82, 2.24) is 4.90 Å². The summed E-state index contributed by atoms with van der Waals surface area (Å²) in [6.45, 7) is 6.31. The van der Waals surface area contributed by atoms with Gasteiger partial charge in [-0.25, -0.2) is 4.39 Å². The van der Waals surface area contributed by atoms with E-state index in [0.29, 0.717) is 6.10 Å². The topological polar surface area (TPSA) is 15.7 Å². The van der Waals surface area contributed by atoms with Crippen molar-refractivity contribution in [2.24, 2.45) is 0 Å². The van der Waals surface area contributed by atoms with Crippen LogP contribution < -0.4 is 4.90 Å². The average Bonchev–Trinajstić information content (AvgIpc) is 2.55. The van der Waals surface area contributed by atoms with E-state index >= 15 is 0 Å². The van der Waals surface area contributed by atoms with Crippen molar-refractivity contribution in [1.29, 1.82) is 0 Å². The van der Waals surface area contributed by atoms with Gasteiger partial charge in [-0.1, -0.05) is 0 Å². The zero-order chi connectivity index (χ0) is 14.5. The quantitative estimate of drug-likeness (QED) is 0.848. The van der Waals surface area contributed by atoms with Gasteiger partial charge in [-0.2, -0.15) is 0 Å². The Balaban J connectivity index is 1.41. The molecule has 3 nitrogen and oxygen atoms in total. The Labute approximate surface area is 126 Å². The van der Waals surface area contributed by atoms with E-state index in [2.05, 4.69) is 9.80 Å². The Kier molecular flexibility index (Phi) is 5.09. The molecular weight excluding hydrogens is 267 g/mol. The fourth-order valence-corrected chi connectivity index (χ4v) is 3.24. The summed E-state index contributed by atoms with van der Waals surface area (Å²) in [6, 6.07) is 6.84. The smallest absolute Gasteiger partial charge is 0.123 e. The molecule has 0 aromatic heterocycles. The molecule has 3 rings (SSSR count). The Morgan fingerprint density at radius 1 is 1.05 bits per heavy atom. The molecule has 2 fully saturated rings. The van der Waals surface area contributed by atoms with Crippen LogP contribution in [0.2, 0.25) is 0 Å². The largest absolute Gasteiger partial charge is 0.378 e. The van der Waals surface area contributed by atoms with Gasteiger partial charge in [0.05, 0.1) is 6.10 Å². The van der Waals surface area contributed by atoms with Gasteiger partial charge in [0.25, 0.3) is 0 Å².